The zero-order chi connectivity index (χ0) is 16.5. The van der Waals surface area contributed by atoms with Gasteiger partial charge in [0.1, 0.15) is 5.60 Å². The number of carbonyl (C=O) groups excluding carboxylic acids is 2. The van der Waals surface area contributed by atoms with Crippen molar-refractivity contribution < 1.29 is 14.3 Å². The Morgan fingerprint density at radius 1 is 1.41 bits per heavy atom. The summed E-state index contributed by atoms with van der Waals surface area (Å²) in [6.45, 7) is 7.94. The molecule has 0 saturated carbocycles. The normalized spacial score (nSPS) is 18.5. The van der Waals surface area contributed by atoms with Crippen LogP contribution in [0.3, 0.4) is 0 Å². The number of nitrogens with zero attached hydrogens (tertiary/aromatic N) is 1. The highest BCUT2D eigenvalue weighted by atomic mass is 32.1. The minimum Gasteiger partial charge on any atom is -0.444 e. The quantitative estimate of drug-likeness (QED) is 0.821. The highest BCUT2D eigenvalue weighted by Crippen LogP contribution is 2.29. The number of ether oxygens (including phenoxy) is 1. The van der Waals surface area contributed by atoms with Crippen LogP contribution in [0.1, 0.15) is 32.8 Å². The number of benzene rings is 1. The second-order valence-electron chi connectivity index (χ2n) is 6.49. The maximum Gasteiger partial charge on any atom is 0.412 e. The molecule has 1 N–H and O–H groups in total. The van der Waals surface area contributed by atoms with Crippen LogP contribution in [0.15, 0.2) is 18.2 Å². The lowest BCUT2D eigenvalue weighted by atomic mass is 10.1. The fraction of sp³-hybridized carbons (Fsp3) is 0.500. The second kappa shape index (κ2) is 6.20. The molecule has 1 aromatic rings. The molecule has 5 nitrogen and oxygen atoms in total. The Morgan fingerprint density at radius 2 is 2.09 bits per heavy atom. The molecule has 1 aliphatic rings. The predicted octanol–water partition coefficient (Wildman–Crippen LogP) is 3.38. The molecule has 1 aliphatic heterocycles. The van der Waals surface area contributed by atoms with Crippen molar-refractivity contribution in [3.8, 4) is 0 Å². The first-order valence-corrected chi connectivity index (χ1v) is 7.76. The third-order valence-electron chi connectivity index (χ3n) is 3.25. The van der Waals surface area contributed by atoms with E-state index in [1.165, 1.54) is 0 Å². The fourth-order valence-corrected chi connectivity index (χ4v) is 2.64. The molecule has 0 aromatic heterocycles. The van der Waals surface area contributed by atoms with Gasteiger partial charge in [0.2, 0.25) is 5.91 Å². The monoisotopic (exact) mass is 322 g/mol. The predicted molar refractivity (Wildman–Crippen MR) is 90.8 cm³/mol. The maximum absolute atomic E-state index is 12.0. The number of hydrogen-bond donors (Lipinski definition) is 2. The molecule has 120 valence electrons. The van der Waals surface area contributed by atoms with Gasteiger partial charge in [-0.05, 0) is 45.4 Å². The number of anilines is 2. The Labute approximate surface area is 136 Å². The fourth-order valence-electron chi connectivity index (χ4n) is 2.32. The van der Waals surface area contributed by atoms with Gasteiger partial charge in [-0.2, -0.15) is 12.6 Å². The number of carbonyl (C=O) groups is 2. The Kier molecular flexibility index (Phi) is 4.70. The van der Waals surface area contributed by atoms with Gasteiger partial charge in [0.15, 0.2) is 0 Å². The van der Waals surface area contributed by atoms with Crippen LogP contribution < -0.4 is 10.2 Å². The van der Waals surface area contributed by atoms with E-state index in [4.69, 9.17) is 4.74 Å². The smallest absolute Gasteiger partial charge is 0.412 e. The summed E-state index contributed by atoms with van der Waals surface area (Å²) < 4.78 is 5.23. The van der Waals surface area contributed by atoms with Crippen LogP contribution in [0.5, 0.6) is 0 Å². The lowest BCUT2D eigenvalue weighted by Gasteiger charge is -2.22. The third kappa shape index (κ3) is 4.16. The van der Waals surface area contributed by atoms with Crippen LogP contribution in [-0.4, -0.2) is 29.4 Å². The van der Waals surface area contributed by atoms with E-state index in [-0.39, 0.29) is 11.2 Å². The van der Waals surface area contributed by atoms with Gasteiger partial charge in [0, 0.05) is 29.6 Å². The topological polar surface area (TPSA) is 58.6 Å². The first-order chi connectivity index (χ1) is 10.2. The molecule has 1 saturated heterocycles. The number of amides is 2. The molecule has 1 heterocycles. The van der Waals surface area contributed by atoms with E-state index < -0.39 is 11.7 Å². The summed E-state index contributed by atoms with van der Waals surface area (Å²) in [4.78, 5) is 25.6. The van der Waals surface area contributed by atoms with E-state index in [0.29, 0.717) is 18.7 Å². The van der Waals surface area contributed by atoms with Gasteiger partial charge in [-0.25, -0.2) is 4.79 Å². The first-order valence-electron chi connectivity index (χ1n) is 7.25. The van der Waals surface area contributed by atoms with Gasteiger partial charge in [-0.15, -0.1) is 0 Å². The van der Waals surface area contributed by atoms with Crippen LogP contribution in [0.2, 0.25) is 0 Å². The van der Waals surface area contributed by atoms with Crippen molar-refractivity contribution in [3.63, 3.8) is 0 Å². The molecule has 22 heavy (non-hydrogen) atoms. The van der Waals surface area contributed by atoms with Crippen molar-refractivity contribution in [2.24, 2.45) is 0 Å². The molecule has 1 fully saturated rings. The zero-order valence-corrected chi connectivity index (χ0v) is 14.2. The molecular weight excluding hydrogens is 300 g/mol. The Morgan fingerprint density at radius 3 is 2.64 bits per heavy atom. The standard InChI is InChI=1S/C16H22N2O3S/c1-10-5-6-11(17-15(20)21-16(2,3)4)7-13(10)18-9-12(22)8-14(18)19/h5-7,12,22H,8-9H2,1-4H3,(H,17,20). The summed E-state index contributed by atoms with van der Waals surface area (Å²) in [6, 6.07) is 5.46. The lowest BCUT2D eigenvalue weighted by Crippen LogP contribution is -2.28. The van der Waals surface area contributed by atoms with Crippen LogP contribution in [0.4, 0.5) is 16.2 Å². The van der Waals surface area contributed by atoms with E-state index in [0.717, 1.165) is 11.3 Å². The summed E-state index contributed by atoms with van der Waals surface area (Å²) in [5.74, 6) is 0.0533. The largest absolute Gasteiger partial charge is 0.444 e. The summed E-state index contributed by atoms with van der Waals surface area (Å²) in [7, 11) is 0. The molecule has 0 aliphatic carbocycles. The van der Waals surface area contributed by atoms with Crippen molar-refractivity contribution in [2.75, 3.05) is 16.8 Å². The van der Waals surface area contributed by atoms with Gasteiger partial charge >= 0.3 is 6.09 Å². The minimum absolute atomic E-state index is 0.0503. The average Bonchev–Trinajstić information content (AvgIpc) is 2.68. The van der Waals surface area contributed by atoms with Crippen molar-refractivity contribution >= 4 is 36.0 Å². The van der Waals surface area contributed by atoms with Crippen LogP contribution in [-0.2, 0) is 9.53 Å². The van der Waals surface area contributed by atoms with Crippen LogP contribution >= 0.6 is 12.6 Å². The molecule has 0 spiro atoms. The summed E-state index contributed by atoms with van der Waals surface area (Å²) in [6.07, 6.45) is -0.0751. The molecule has 2 amide bonds. The number of aryl methyl sites for hydroxylation is 1. The van der Waals surface area contributed by atoms with Gasteiger partial charge in [0.05, 0.1) is 0 Å². The van der Waals surface area contributed by atoms with Gasteiger partial charge in [-0.3, -0.25) is 10.1 Å². The average molecular weight is 322 g/mol. The highest BCUT2D eigenvalue weighted by molar-refractivity contribution is 7.81. The molecule has 1 atom stereocenters. The Hall–Kier alpha value is -1.69. The lowest BCUT2D eigenvalue weighted by molar-refractivity contribution is -0.117. The van der Waals surface area contributed by atoms with Gasteiger partial charge in [-0.1, -0.05) is 6.07 Å². The van der Waals surface area contributed by atoms with E-state index in [1.54, 1.807) is 17.0 Å². The second-order valence-corrected chi connectivity index (χ2v) is 7.22. The van der Waals surface area contributed by atoms with E-state index >= 15 is 0 Å². The number of hydrogen-bond acceptors (Lipinski definition) is 4. The van der Waals surface area contributed by atoms with E-state index in [9.17, 15) is 9.59 Å². The summed E-state index contributed by atoms with van der Waals surface area (Å²) in [5.41, 5.74) is 1.83. The van der Waals surface area contributed by atoms with E-state index in [2.05, 4.69) is 17.9 Å². The van der Waals surface area contributed by atoms with Gasteiger partial charge in [0.25, 0.3) is 0 Å². The molecule has 1 aromatic carbocycles. The molecule has 0 bridgehead atoms. The maximum atomic E-state index is 12.0. The Balaban J connectivity index is 2.17. The number of rotatable bonds is 2. The third-order valence-corrected chi connectivity index (χ3v) is 3.60. The van der Waals surface area contributed by atoms with Crippen LogP contribution in [0.25, 0.3) is 0 Å². The molecule has 1 unspecified atom stereocenters. The molecule has 2 rings (SSSR count). The molecular formula is C16H22N2O3S. The molecule has 0 radical (unpaired) electrons. The van der Waals surface area contributed by atoms with Crippen molar-refractivity contribution in [2.45, 2.75) is 45.0 Å². The van der Waals surface area contributed by atoms with Crippen molar-refractivity contribution in [3.05, 3.63) is 23.8 Å². The highest BCUT2D eigenvalue weighted by Gasteiger charge is 2.29. The number of nitrogens with one attached hydrogen (secondary N) is 1. The summed E-state index contributed by atoms with van der Waals surface area (Å²) in [5, 5.41) is 2.75. The molecule has 6 heteroatoms. The van der Waals surface area contributed by atoms with Gasteiger partial charge < -0.3 is 9.64 Å². The van der Waals surface area contributed by atoms with E-state index in [1.807, 2.05) is 33.8 Å². The van der Waals surface area contributed by atoms with Crippen molar-refractivity contribution in [1.29, 1.82) is 0 Å². The van der Waals surface area contributed by atoms with Crippen molar-refractivity contribution in [1.82, 2.24) is 0 Å². The number of thiol groups is 1. The Bertz CT molecular complexity index is 596. The first kappa shape index (κ1) is 16.7. The summed E-state index contributed by atoms with van der Waals surface area (Å²) >= 11 is 4.37. The zero-order valence-electron chi connectivity index (χ0n) is 13.3. The minimum atomic E-state index is -0.554. The van der Waals surface area contributed by atoms with Crippen LogP contribution in [0, 0.1) is 6.92 Å². The SMILES string of the molecule is Cc1ccc(NC(=O)OC(C)(C)C)cc1N1CC(S)CC1=O.